The van der Waals surface area contributed by atoms with E-state index < -0.39 is 0 Å². The molecule has 0 aliphatic heterocycles. The third-order valence-corrected chi connectivity index (χ3v) is 4.68. The summed E-state index contributed by atoms with van der Waals surface area (Å²) in [6, 6.07) is 20.8. The highest BCUT2D eigenvalue weighted by molar-refractivity contribution is 7.80. The third-order valence-electron chi connectivity index (χ3n) is 4.32. The molecule has 3 nitrogen and oxygen atoms in total. The minimum absolute atomic E-state index is 0.625. The second kappa shape index (κ2) is 8.68. The highest BCUT2D eigenvalue weighted by atomic mass is 32.1. The van der Waals surface area contributed by atoms with Gasteiger partial charge in [0.2, 0.25) is 0 Å². The van der Waals surface area contributed by atoms with E-state index in [1.54, 1.807) is 6.26 Å². The first-order chi connectivity index (χ1) is 12.6. The van der Waals surface area contributed by atoms with Gasteiger partial charge in [0.1, 0.15) is 5.76 Å². The number of hydrogen-bond acceptors (Lipinski definition) is 2. The normalized spacial score (nSPS) is 10.5. The maximum Gasteiger partial charge on any atom is 0.174 e. The van der Waals surface area contributed by atoms with E-state index in [2.05, 4.69) is 72.6 Å². The van der Waals surface area contributed by atoms with Crippen molar-refractivity contribution in [1.29, 1.82) is 0 Å². The Morgan fingerprint density at radius 1 is 0.962 bits per heavy atom. The van der Waals surface area contributed by atoms with Gasteiger partial charge in [-0.3, -0.25) is 0 Å². The fourth-order valence-electron chi connectivity index (χ4n) is 2.73. The van der Waals surface area contributed by atoms with Crippen LogP contribution >= 0.6 is 12.2 Å². The summed E-state index contributed by atoms with van der Waals surface area (Å²) in [5, 5.41) is 4.04. The smallest absolute Gasteiger partial charge is 0.174 e. The lowest BCUT2D eigenvalue weighted by Gasteiger charge is -2.25. The first-order valence-corrected chi connectivity index (χ1v) is 9.27. The molecule has 0 unspecified atom stereocenters. The molecular formula is C22H24N2OS. The lowest BCUT2D eigenvalue weighted by atomic mass is 10.1. The van der Waals surface area contributed by atoms with Gasteiger partial charge in [-0.25, -0.2) is 0 Å². The Balaban J connectivity index is 1.74. The highest BCUT2D eigenvalue weighted by Gasteiger charge is 2.13. The highest BCUT2D eigenvalue weighted by Crippen LogP contribution is 2.15. The molecule has 1 heterocycles. The van der Waals surface area contributed by atoms with Crippen molar-refractivity contribution >= 4 is 23.0 Å². The second-order valence-electron chi connectivity index (χ2n) is 6.40. The Labute approximate surface area is 160 Å². The fraction of sp³-hybridized carbons (Fsp3) is 0.227. The van der Waals surface area contributed by atoms with Crippen LogP contribution in [-0.4, -0.2) is 10.0 Å². The van der Waals surface area contributed by atoms with Gasteiger partial charge in [0.25, 0.3) is 0 Å². The molecule has 3 rings (SSSR count). The molecule has 0 amide bonds. The Morgan fingerprint density at radius 2 is 1.65 bits per heavy atom. The van der Waals surface area contributed by atoms with Crippen LogP contribution in [0, 0.1) is 6.92 Å². The number of furan rings is 1. The van der Waals surface area contributed by atoms with E-state index in [0.29, 0.717) is 11.7 Å². The van der Waals surface area contributed by atoms with Crippen molar-refractivity contribution < 1.29 is 4.42 Å². The van der Waals surface area contributed by atoms with E-state index in [1.165, 1.54) is 16.7 Å². The third kappa shape index (κ3) is 4.96. The molecule has 26 heavy (non-hydrogen) atoms. The lowest BCUT2D eigenvalue weighted by molar-refractivity contribution is 0.360. The molecule has 0 atom stereocenters. The number of hydrogen-bond donors (Lipinski definition) is 1. The van der Waals surface area contributed by atoms with Gasteiger partial charge in [0.15, 0.2) is 5.11 Å². The van der Waals surface area contributed by atoms with Crippen LogP contribution in [0.15, 0.2) is 71.3 Å². The summed E-state index contributed by atoms with van der Waals surface area (Å²) < 4.78 is 5.52. The van der Waals surface area contributed by atoms with Gasteiger partial charge in [-0.1, -0.05) is 48.9 Å². The van der Waals surface area contributed by atoms with E-state index in [1.807, 2.05) is 12.1 Å². The van der Waals surface area contributed by atoms with Crippen LogP contribution in [0.2, 0.25) is 0 Å². The van der Waals surface area contributed by atoms with Crippen molar-refractivity contribution in [2.45, 2.75) is 33.4 Å². The van der Waals surface area contributed by atoms with Gasteiger partial charge in [0, 0.05) is 12.2 Å². The minimum atomic E-state index is 0.625. The SMILES string of the molecule is CCc1ccc(NC(=S)N(Cc2ccc(C)cc2)Cc2ccco2)cc1. The van der Waals surface area contributed by atoms with Crippen LogP contribution in [0.25, 0.3) is 0 Å². The monoisotopic (exact) mass is 364 g/mol. The predicted molar refractivity (Wildman–Crippen MR) is 111 cm³/mol. The van der Waals surface area contributed by atoms with E-state index in [-0.39, 0.29) is 0 Å². The number of aryl methyl sites for hydroxylation is 2. The van der Waals surface area contributed by atoms with Crippen molar-refractivity contribution in [1.82, 2.24) is 4.90 Å². The molecule has 0 aliphatic rings. The van der Waals surface area contributed by atoms with Crippen LogP contribution in [0.5, 0.6) is 0 Å². The summed E-state index contributed by atoms with van der Waals surface area (Å²) in [4.78, 5) is 2.12. The molecule has 0 bridgehead atoms. The Kier molecular flexibility index (Phi) is 6.08. The van der Waals surface area contributed by atoms with Gasteiger partial charge in [-0.15, -0.1) is 0 Å². The van der Waals surface area contributed by atoms with Crippen LogP contribution in [-0.2, 0) is 19.5 Å². The molecule has 3 aromatic rings. The average Bonchev–Trinajstić information content (AvgIpc) is 3.17. The predicted octanol–water partition coefficient (Wildman–Crippen LogP) is 5.55. The zero-order valence-corrected chi connectivity index (χ0v) is 16.1. The summed E-state index contributed by atoms with van der Waals surface area (Å²) in [7, 11) is 0. The Morgan fingerprint density at radius 3 is 2.27 bits per heavy atom. The first-order valence-electron chi connectivity index (χ1n) is 8.87. The van der Waals surface area contributed by atoms with E-state index in [0.717, 1.165) is 24.4 Å². The molecule has 0 spiro atoms. The van der Waals surface area contributed by atoms with Crippen molar-refractivity contribution in [2.24, 2.45) is 0 Å². The number of anilines is 1. The quantitative estimate of drug-likeness (QED) is 0.581. The van der Waals surface area contributed by atoms with Crippen LogP contribution in [0.1, 0.15) is 29.4 Å². The summed E-state index contributed by atoms with van der Waals surface area (Å²) in [6.45, 7) is 5.59. The molecule has 0 saturated heterocycles. The number of thiocarbonyl (C=S) groups is 1. The van der Waals surface area contributed by atoms with Crippen molar-refractivity contribution in [3.05, 3.63) is 89.4 Å². The second-order valence-corrected chi connectivity index (χ2v) is 6.79. The Hall–Kier alpha value is -2.59. The van der Waals surface area contributed by atoms with Gasteiger partial charge < -0.3 is 14.6 Å². The average molecular weight is 365 g/mol. The standard InChI is InChI=1S/C22H24N2OS/c1-3-18-10-12-20(13-11-18)23-22(26)24(16-21-5-4-14-25-21)15-19-8-6-17(2)7-9-19/h4-14H,3,15-16H2,1-2H3,(H,23,26). The van der Waals surface area contributed by atoms with Gasteiger partial charge in [0.05, 0.1) is 12.8 Å². The van der Waals surface area contributed by atoms with Gasteiger partial charge in [-0.05, 0) is 61.0 Å². The number of nitrogens with one attached hydrogen (secondary N) is 1. The topological polar surface area (TPSA) is 28.4 Å². The zero-order chi connectivity index (χ0) is 18.4. The molecule has 1 aromatic heterocycles. The molecular weight excluding hydrogens is 340 g/mol. The van der Waals surface area contributed by atoms with Crippen molar-refractivity contribution in [3.63, 3.8) is 0 Å². The van der Waals surface area contributed by atoms with E-state index in [9.17, 15) is 0 Å². The summed E-state index contributed by atoms with van der Waals surface area (Å²) in [6.07, 6.45) is 2.72. The van der Waals surface area contributed by atoms with Gasteiger partial charge in [-0.2, -0.15) is 0 Å². The number of benzene rings is 2. The van der Waals surface area contributed by atoms with Crippen molar-refractivity contribution in [2.75, 3.05) is 5.32 Å². The first kappa shape index (κ1) is 18.2. The van der Waals surface area contributed by atoms with Crippen molar-refractivity contribution in [3.8, 4) is 0 Å². The summed E-state index contributed by atoms with van der Waals surface area (Å²) >= 11 is 5.69. The van der Waals surface area contributed by atoms with Crippen LogP contribution in [0.3, 0.4) is 0 Å². The number of nitrogens with zero attached hydrogens (tertiary/aromatic N) is 1. The Bertz CT molecular complexity index is 824. The molecule has 4 heteroatoms. The number of rotatable bonds is 6. The molecule has 0 radical (unpaired) electrons. The molecule has 134 valence electrons. The molecule has 1 N–H and O–H groups in total. The lowest BCUT2D eigenvalue weighted by Crippen LogP contribution is -2.33. The maximum atomic E-state index is 5.69. The molecule has 0 fully saturated rings. The molecule has 0 saturated carbocycles. The molecule has 2 aromatic carbocycles. The van der Waals surface area contributed by atoms with Crippen LogP contribution < -0.4 is 5.32 Å². The van der Waals surface area contributed by atoms with E-state index in [4.69, 9.17) is 16.6 Å². The maximum absolute atomic E-state index is 5.69. The van der Waals surface area contributed by atoms with E-state index >= 15 is 0 Å². The zero-order valence-electron chi connectivity index (χ0n) is 15.2. The summed E-state index contributed by atoms with van der Waals surface area (Å²) in [5.41, 5.74) is 4.78. The summed E-state index contributed by atoms with van der Waals surface area (Å²) in [5.74, 6) is 0.891. The van der Waals surface area contributed by atoms with Gasteiger partial charge >= 0.3 is 0 Å². The minimum Gasteiger partial charge on any atom is -0.467 e. The van der Waals surface area contributed by atoms with Crippen LogP contribution in [0.4, 0.5) is 5.69 Å². The molecule has 0 aliphatic carbocycles. The fourth-order valence-corrected chi connectivity index (χ4v) is 2.98. The largest absolute Gasteiger partial charge is 0.467 e.